The predicted octanol–water partition coefficient (Wildman–Crippen LogP) is 4.45. The number of ether oxygens (including phenoxy) is 1. The topological polar surface area (TPSA) is 29.5 Å². The van der Waals surface area contributed by atoms with E-state index in [1.54, 1.807) is 7.11 Å². The van der Waals surface area contributed by atoms with Crippen molar-refractivity contribution in [1.29, 1.82) is 0 Å². The summed E-state index contributed by atoms with van der Waals surface area (Å²) in [6, 6.07) is 5.58. The van der Waals surface area contributed by atoms with Gasteiger partial charge in [0.2, 0.25) is 0 Å². The molecule has 0 spiro atoms. The lowest BCUT2D eigenvalue weighted by molar-refractivity contribution is -0.0912. The minimum absolute atomic E-state index is 0.394. The zero-order valence-corrected chi connectivity index (χ0v) is 13.2. The summed E-state index contributed by atoms with van der Waals surface area (Å²) in [5.74, 6) is 4.40. The Morgan fingerprint density at radius 3 is 2.29 bits per heavy atom. The van der Waals surface area contributed by atoms with E-state index in [1.165, 1.54) is 32.1 Å². The number of aliphatic hydroxyl groups is 1. The third-order valence-corrected chi connectivity index (χ3v) is 6.41. The van der Waals surface area contributed by atoms with Crippen LogP contribution in [0.4, 0.5) is 0 Å². The van der Waals surface area contributed by atoms with E-state index in [-0.39, 0.29) is 0 Å². The summed E-state index contributed by atoms with van der Waals surface area (Å²) >= 11 is 6.14. The van der Waals surface area contributed by atoms with E-state index in [9.17, 15) is 5.11 Å². The number of rotatable bonds is 3. The fraction of sp³-hybridized carbons (Fsp3) is 0.667. The van der Waals surface area contributed by atoms with E-state index in [1.807, 2.05) is 18.2 Å². The molecule has 0 radical (unpaired) electrons. The van der Waals surface area contributed by atoms with E-state index in [0.29, 0.717) is 22.8 Å². The van der Waals surface area contributed by atoms with Crippen molar-refractivity contribution in [2.24, 2.45) is 29.6 Å². The molecule has 114 valence electrons. The van der Waals surface area contributed by atoms with Crippen LogP contribution in [0.1, 0.15) is 43.8 Å². The predicted molar refractivity (Wildman–Crippen MR) is 83.5 cm³/mol. The standard InChI is InChI=1S/C18H23ClO2/c1-21-16-3-2-14(19)9-15(16)18(20)17-12-5-10-4-11(7-12)8-13(17)6-10/h2-3,9-13,17-18,20H,4-8H2,1H3. The summed E-state index contributed by atoms with van der Waals surface area (Å²) in [5.41, 5.74) is 0.877. The van der Waals surface area contributed by atoms with Gasteiger partial charge in [0.1, 0.15) is 5.75 Å². The first kappa shape index (κ1) is 13.9. The second kappa shape index (κ2) is 5.17. The summed E-state index contributed by atoms with van der Waals surface area (Å²) in [6.45, 7) is 0. The van der Waals surface area contributed by atoms with Crippen molar-refractivity contribution in [2.75, 3.05) is 7.11 Å². The van der Waals surface area contributed by atoms with Crippen LogP contribution < -0.4 is 4.74 Å². The molecule has 3 heteroatoms. The Bertz CT molecular complexity index is 514. The van der Waals surface area contributed by atoms with Gasteiger partial charge in [-0.25, -0.2) is 0 Å². The molecule has 21 heavy (non-hydrogen) atoms. The summed E-state index contributed by atoms with van der Waals surface area (Å²) in [7, 11) is 1.66. The van der Waals surface area contributed by atoms with Gasteiger partial charge in [-0.3, -0.25) is 0 Å². The first-order valence-electron chi connectivity index (χ1n) is 8.17. The molecule has 1 aromatic carbocycles. The molecule has 0 aliphatic heterocycles. The SMILES string of the molecule is COc1ccc(Cl)cc1C(O)C1C2CC3CC(C2)CC1C3. The van der Waals surface area contributed by atoms with Gasteiger partial charge < -0.3 is 9.84 Å². The highest BCUT2D eigenvalue weighted by Gasteiger charge is 2.50. The Morgan fingerprint density at radius 1 is 1.10 bits per heavy atom. The van der Waals surface area contributed by atoms with Crippen molar-refractivity contribution in [2.45, 2.75) is 38.2 Å². The number of hydrogen-bond acceptors (Lipinski definition) is 2. The van der Waals surface area contributed by atoms with Gasteiger partial charge in [-0.1, -0.05) is 11.6 Å². The van der Waals surface area contributed by atoms with E-state index in [0.717, 1.165) is 23.1 Å². The van der Waals surface area contributed by atoms with Gasteiger partial charge >= 0.3 is 0 Å². The molecule has 1 N–H and O–H groups in total. The minimum Gasteiger partial charge on any atom is -0.496 e. The van der Waals surface area contributed by atoms with Gasteiger partial charge in [0.25, 0.3) is 0 Å². The highest BCUT2D eigenvalue weighted by atomic mass is 35.5. The van der Waals surface area contributed by atoms with Crippen molar-refractivity contribution in [3.05, 3.63) is 28.8 Å². The molecule has 4 aliphatic rings. The molecule has 1 aromatic rings. The first-order chi connectivity index (χ1) is 10.2. The monoisotopic (exact) mass is 306 g/mol. The van der Waals surface area contributed by atoms with Crippen LogP contribution in [-0.2, 0) is 0 Å². The number of aliphatic hydroxyl groups excluding tert-OH is 1. The summed E-state index contributed by atoms with van der Waals surface area (Å²) in [4.78, 5) is 0. The molecule has 4 saturated carbocycles. The molecule has 4 fully saturated rings. The van der Waals surface area contributed by atoms with Crippen molar-refractivity contribution < 1.29 is 9.84 Å². The van der Waals surface area contributed by atoms with Gasteiger partial charge in [0, 0.05) is 10.6 Å². The van der Waals surface area contributed by atoms with Gasteiger partial charge in [0.15, 0.2) is 0 Å². The molecule has 5 rings (SSSR count). The number of halogens is 1. The molecule has 4 bridgehead atoms. The summed E-state index contributed by atoms with van der Waals surface area (Å²) in [5, 5.41) is 11.7. The van der Waals surface area contributed by atoms with Gasteiger partial charge in [-0.2, -0.15) is 0 Å². The average molecular weight is 307 g/mol. The maximum Gasteiger partial charge on any atom is 0.124 e. The zero-order chi connectivity index (χ0) is 14.6. The lowest BCUT2D eigenvalue weighted by atomic mass is 9.50. The molecular formula is C18H23ClO2. The van der Waals surface area contributed by atoms with Crippen LogP contribution >= 0.6 is 11.6 Å². The second-order valence-electron chi connectivity index (χ2n) is 7.34. The van der Waals surface area contributed by atoms with Crippen molar-refractivity contribution >= 4 is 11.6 Å². The van der Waals surface area contributed by atoms with Crippen molar-refractivity contribution in [3.8, 4) is 5.75 Å². The maximum atomic E-state index is 11.0. The molecule has 4 aliphatic carbocycles. The molecule has 0 aromatic heterocycles. The van der Waals surface area contributed by atoms with Crippen LogP contribution in [0.3, 0.4) is 0 Å². The Morgan fingerprint density at radius 2 is 1.71 bits per heavy atom. The first-order valence-corrected chi connectivity index (χ1v) is 8.55. The smallest absolute Gasteiger partial charge is 0.124 e. The van der Waals surface area contributed by atoms with Gasteiger partial charge in [-0.05, 0) is 79.9 Å². The van der Waals surface area contributed by atoms with Crippen LogP contribution in [0.25, 0.3) is 0 Å². The Balaban J connectivity index is 1.66. The number of hydrogen-bond donors (Lipinski definition) is 1. The van der Waals surface area contributed by atoms with E-state index >= 15 is 0 Å². The molecule has 2 nitrogen and oxygen atoms in total. The second-order valence-corrected chi connectivity index (χ2v) is 7.78. The van der Waals surface area contributed by atoms with E-state index in [4.69, 9.17) is 16.3 Å². The maximum absolute atomic E-state index is 11.0. The third-order valence-electron chi connectivity index (χ3n) is 6.17. The Kier molecular flexibility index (Phi) is 3.42. The normalized spacial score (nSPS) is 38.5. The lowest BCUT2D eigenvalue weighted by Gasteiger charge is -2.55. The largest absolute Gasteiger partial charge is 0.496 e. The van der Waals surface area contributed by atoms with E-state index in [2.05, 4.69) is 0 Å². The van der Waals surface area contributed by atoms with E-state index < -0.39 is 6.10 Å². The Hall–Kier alpha value is -0.730. The summed E-state index contributed by atoms with van der Waals surface area (Å²) in [6.07, 6.45) is 6.27. The summed E-state index contributed by atoms with van der Waals surface area (Å²) < 4.78 is 5.45. The lowest BCUT2D eigenvalue weighted by Crippen LogP contribution is -2.47. The fourth-order valence-electron chi connectivity index (χ4n) is 5.63. The van der Waals surface area contributed by atoms with Crippen LogP contribution in [0.15, 0.2) is 18.2 Å². The molecule has 1 atom stereocenters. The van der Waals surface area contributed by atoms with Crippen LogP contribution in [-0.4, -0.2) is 12.2 Å². The molecular weight excluding hydrogens is 284 g/mol. The van der Waals surface area contributed by atoms with Crippen LogP contribution in [0.5, 0.6) is 5.75 Å². The average Bonchev–Trinajstić information content (AvgIpc) is 2.46. The molecule has 1 unspecified atom stereocenters. The van der Waals surface area contributed by atoms with Gasteiger partial charge in [0.05, 0.1) is 13.2 Å². The quantitative estimate of drug-likeness (QED) is 0.893. The third kappa shape index (κ3) is 2.27. The van der Waals surface area contributed by atoms with Crippen LogP contribution in [0, 0.1) is 29.6 Å². The zero-order valence-electron chi connectivity index (χ0n) is 12.5. The highest BCUT2D eigenvalue weighted by Crippen LogP contribution is 2.59. The van der Waals surface area contributed by atoms with Gasteiger partial charge in [-0.15, -0.1) is 0 Å². The number of benzene rings is 1. The van der Waals surface area contributed by atoms with Crippen molar-refractivity contribution in [3.63, 3.8) is 0 Å². The molecule has 0 saturated heterocycles. The minimum atomic E-state index is -0.436. The number of methoxy groups -OCH3 is 1. The van der Waals surface area contributed by atoms with Crippen LogP contribution in [0.2, 0.25) is 5.02 Å². The molecule has 0 amide bonds. The Labute approximate surface area is 131 Å². The fourth-order valence-corrected chi connectivity index (χ4v) is 5.81. The van der Waals surface area contributed by atoms with Crippen molar-refractivity contribution in [1.82, 2.24) is 0 Å². The molecule has 0 heterocycles. The highest BCUT2D eigenvalue weighted by molar-refractivity contribution is 6.30.